The number of amides is 2. The van der Waals surface area contributed by atoms with Crippen LogP contribution in [0, 0.1) is 0 Å². The fraction of sp³-hybridized carbons (Fsp3) is 0.267. The standard InChI is InChI=1S/C15H15F3N4O4/c1-22-7-6-19-13(22)14(26,15(16,17)18)8-11(24)20-21-12(25)9-4-2-3-5-10(9)23/h2-7,23,26H,8H2,1H3,(H,20,24)(H,21,25). The Hall–Kier alpha value is -3.08. The number of aromatic hydroxyl groups is 1. The summed E-state index contributed by atoms with van der Waals surface area (Å²) in [6, 6.07) is 5.37. The van der Waals surface area contributed by atoms with Crippen molar-refractivity contribution in [1.29, 1.82) is 0 Å². The van der Waals surface area contributed by atoms with E-state index in [1.54, 1.807) is 5.43 Å². The Bertz CT molecular complexity index is 821. The maximum atomic E-state index is 13.3. The van der Waals surface area contributed by atoms with Gasteiger partial charge in [0.1, 0.15) is 5.75 Å². The number of hydrogen-bond acceptors (Lipinski definition) is 5. The molecule has 0 saturated carbocycles. The lowest BCUT2D eigenvalue weighted by molar-refractivity contribution is -0.271. The molecule has 2 rings (SSSR count). The highest BCUT2D eigenvalue weighted by Gasteiger charge is 2.58. The second-order valence-corrected chi connectivity index (χ2v) is 5.42. The molecule has 26 heavy (non-hydrogen) atoms. The molecule has 0 aliphatic rings. The van der Waals surface area contributed by atoms with Crippen molar-refractivity contribution in [1.82, 2.24) is 20.4 Å². The number of aromatic nitrogens is 2. The maximum Gasteiger partial charge on any atom is 0.425 e. The second kappa shape index (κ2) is 7.04. The highest BCUT2D eigenvalue weighted by molar-refractivity contribution is 5.97. The summed E-state index contributed by atoms with van der Waals surface area (Å²) in [4.78, 5) is 27.1. The van der Waals surface area contributed by atoms with E-state index in [0.717, 1.165) is 10.8 Å². The molecule has 0 radical (unpaired) electrons. The van der Waals surface area contributed by atoms with Crippen LogP contribution in [0.1, 0.15) is 22.6 Å². The lowest BCUT2D eigenvalue weighted by atomic mass is 9.97. The number of aliphatic hydroxyl groups is 1. The van der Waals surface area contributed by atoms with E-state index in [-0.39, 0.29) is 11.3 Å². The number of phenolic OH excluding ortho intramolecular Hbond substituents is 1. The smallest absolute Gasteiger partial charge is 0.425 e. The number of alkyl halides is 3. The van der Waals surface area contributed by atoms with Gasteiger partial charge in [-0.05, 0) is 12.1 Å². The maximum absolute atomic E-state index is 13.3. The van der Waals surface area contributed by atoms with Crippen LogP contribution in [0.3, 0.4) is 0 Å². The normalized spacial score (nSPS) is 13.7. The van der Waals surface area contributed by atoms with E-state index in [1.165, 1.54) is 37.5 Å². The van der Waals surface area contributed by atoms with E-state index in [4.69, 9.17) is 0 Å². The van der Waals surface area contributed by atoms with Crippen molar-refractivity contribution < 1.29 is 33.0 Å². The molecule has 140 valence electrons. The number of phenols is 1. The molecular weight excluding hydrogens is 357 g/mol. The molecule has 0 spiro atoms. The molecule has 2 aromatic rings. The summed E-state index contributed by atoms with van der Waals surface area (Å²) in [5.41, 5.74) is -0.0983. The molecule has 0 aliphatic carbocycles. The average Bonchev–Trinajstić information content (AvgIpc) is 2.98. The van der Waals surface area contributed by atoms with E-state index in [2.05, 4.69) is 4.98 Å². The Balaban J connectivity index is 2.10. The van der Waals surface area contributed by atoms with Gasteiger partial charge >= 0.3 is 6.18 Å². The number of halogens is 3. The zero-order valence-corrected chi connectivity index (χ0v) is 13.4. The summed E-state index contributed by atoms with van der Waals surface area (Å²) in [6.45, 7) is 0. The number of hydrogen-bond donors (Lipinski definition) is 4. The number of carbonyl (C=O) groups excluding carboxylic acids is 2. The molecule has 11 heteroatoms. The van der Waals surface area contributed by atoms with Crippen LogP contribution in [0.25, 0.3) is 0 Å². The van der Waals surface area contributed by atoms with E-state index in [9.17, 15) is 33.0 Å². The largest absolute Gasteiger partial charge is 0.507 e. The van der Waals surface area contributed by atoms with Gasteiger partial charge in [0.05, 0.1) is 12.0 Å². The van der Waals surface area contributed by atoms with Gasteiger partial charge in [0, 0.05) is 19.4 Å². The molecule has 1 aromatic heterocycles. The molecule has 2 amide bonds. The van der Waals surface area contributed by atoms with Gasteiger partial charge in [-0.15, -0.1) is 0 Å². The summed E-state index contributed by atoms with van der Waals surface area (Å²) in [5, 5.41) is 19.6. The van der Waals surface area contributed by atoms with E-state index < -0.39 is 35.8 Å². The van der Waals surface area contributed by atoms with Gasteiger partial charge in [0.2, 0.25) is 11.5 Å². The minimum absolute atomic E-state index is 0.192. The number of imidazole rings is 1. The topological polar surface area (TPSA) is 116 Å². The van der Waals surface area contributed by atoms with Crippen molar-refractivity contribution in [3.63, 3.8) is 0 Å². The quantitative estimate of drug-likeness (QED) is 0.591. The summed E-state index contributed by atoms with van der Waals surface area (Å²) in [5.74, 6) is -3.40. The Labute approximate surface area is 145 Å². The summed E-state index contributed by atoms with van der Waals surface area (Å²) < 4.78 is 40.9. The lowest BCUT2D eigenvalue weighted by Crippen LogP contribution is -2.50. The molecule has 0 fully saturated rings. The Morgan fingerprint density at radius 3 is 2.42 bits per heavy atom. The van der Waals surface area contributed by atoms with Crippen molar-refractivity contribution in [2.45, 2.75) is 18.2 Å². The van der Waals surface area contributed by atoms with Gasteiger partial charge in [-0.1, -0.05) is 12.1 Å². The van der Waals surface area contributed by atoms with Gasteiger partial charge in [0.25, 0.3) is 5.91 Å². The van der Waals surface area contributed by atoms with Crippen LogP contribution in [0.4, 0.5) is 13.2 Å². The highest BCUT2D eigenvalue weighted by atomic mass is 19.4. The van der Waals surface area contributed by atoms with Crippen LogP contribution in [-0.4, -0.2) is 37.8 Å². The first-order valence-electron chi connectivity index (χ1n) is 7.20. The Morgan fingerprint density at radius 2 is 1.88 bits per heavy atom. The van der Waals surface area contributed by atoms with E-state index >= 15 is 0 Å². The van der Waals surface area contributed by atoms with Crippen LogP contribution in [-0.2, 0) is 17.4 Å². The molecule has 0 aliphatic heterocycles. The van der Waals surface area contributed by atoms with Crippen LogP contribution < -0.4 is 10.9 Å². The lowest BCUT2D eigenvalue weighted by Gasteiger charge is -2.29. The minimum Gasteiger partial charge on any atom is -0.507 e. The van der Waals surface area contributed by atoms with Crippen molar-refractivity contribution in [2.24, 2.45) is 7.05 Å². The molecule has 8 nitrogen and oxygen atoms in total. The number of carbonyl (C=O) groups is 2. The monoisotopic (exact) mass is 372 g/mol. The number of aryl methyl sites for hydroxylation is 1. The molecule has 0 bridgehead atoms. The molecular formula is C15H15F3N4O4. The van der Waals surface area contributed by atoms with E-state index in [1.807, 2.05) is 5.43 Å². The third-order valence-corrected chi connectivity index (χ3v) is 3.54. The highest BCUT2D eigenvalue weighted by Crippen LogP contribution is 2.40. The minimum atomic E-state index is -5.19. The van der Waals surface area contributed by atoms with Gasteiger partial charge in [0.15, 0.2) is 5.82 Å². The fourth-order valence-corrected chi connectivity index (χ4v) is 2.21. The van der Waals surface area contributed by atoms with E-state index in [0.29, 0.717) is 0 Å². The van der Waals surface area contributed by atoms with Gasteiger partial charge in [-0.2, -0.15) is 13.2 Å². The number of para-hydroxylation sites is 1. The molecule has 0 saturated heterocycles. The predicted octanol–water partition coefficient (Wildman–Crippen LogP) is 0.727. The Morgan fingerprint density at radius 1 is 1.23 bits per heavy atom. The third-order valence-electron chi connectivity index (χ3n) is 3.54. The summed E-state index contributed by atoms with van der Waals surface area (Å²) in [6.07, 6.45) is -4.39. The molecule has 1 heterocycles. The first-order chi connectivity index (χ1) is 12.1. The van der Waals surface area contributed by atoms with Crippen LogP contribution in [0.5, 0.6) is 5.75 Å². The SMILES string of the molecule is Cn1ccnc1C(O)(CC(=O)NNC(=O)c1ccccc1O)C(F)(F)F. The van der Waals surface area contributed by atoms with Gasteiger partial charge in [-0.3, -0.25) is 20.4 Å². The van der Waals surface area contributed by atoms with Crippen molar-refractivity contribution in [3.8, 4) is 5.75 Å². The van der Waals surface area contributed by atoms with Crippen LogP contribution >= 0.6 is 0 Å². The predicted molar refractivity (Wildman–Crippen MR) is 81.5 cm³/mol. The van der Waals surface area contributed by atoms with Crippen molar-refractivity contribution in [2.75, 3.05) is 0 Å². The van der Waals surface area contributed by atoms with Crippen molar-refractivity contribution >= 4 is 11.8 Å². The van der Waals surface area contributed by atoms with Gasteiger partial charge < -0.3 is 14.8 Å². The van der Waals surface area contributed by atoms with Crippen LogP contribution in [0.15, 0.2) is 36.7 Å². The molecule has 1 unspecified atom stereocenters. The molecule has 4 N–H and O–H groups in total. The summed E-state index contributed by atoms with van der Waals surface area (Å²) >= 11 is 0. The van der Waals surface area contributed by atoms with Crippen LogP contribution in [0.2, 0.25) is 0 Å². The second-order valence-electron chi connectivity index (χ2n) is 5.42. The molecule has 1 aromatic carbocycles. The number of nitrogens with zero attached hydrogens (tertiary/aromatic N) is 2. The zero-order chi connectivity index (χ0) is 19.5. The molecule has 1 atom stereocenters. The first kappa shape index (κ1) is 19.2. The number of nitrogens with one attached hydrogen (secondary N) is 2. The third kappa shape index (κ3) is 3.77. The van der Waals surface area contributed by atoms with Crippen molar-refractivity contribution in [3.05, 3.63) is 48.0 Å². The Kier molecular flexibility index (Phi) is 5.21. The average molecular weight is 372 g/mol. The first-order valence-corrected chi connectivity index (χ1v) is 7.20. The number of benzene rings is 1. The summed E-state index contributed by atoms with van der Waals surface area (Å²) in [7, 11) is 1.23. The van der Waals surface area contributed by atoms with Gasteiger partial charge in [-0.25, -0.2) is 4.98 Å². The zero-order valence-electron chi connectivity index (χ0n) is 13.4. The fourth-order valence-electron chi connectivity index (χ4n) is 2.21. The number of rotatable bonds is 4. The number of hydrazine groups is 1.